The van der Waals surface area contributed by atoms with Gasteiger partial charge in [0, 0.05) is 24.5 Å². The summed E-state index contributed by atoms with van der Waals surface area (Å²) in [7, 11) is 0. The third-order valence-electron chi connectivity index (χ3n) is 5.87. The molecule has 4 aromatic rings. The van der Waals surface area contributed by atoms with Gasteiger partial charge in [0.1, 0.15) is 0 Å². The number of ether oxygens (including phenoxy) is 1. The molecule has 0 bridgehead atoms. The van der Waals surface area contributed by atoms with Crippen LogP contribution in [0.25, 0.3) is 19.6 Å². The number of carbonyl (C=O) groups excluding carboxylic acids is 2. The van der Waals surface area contributed by atoms with E-state index in [0.29, 0.717) is 0 Å². The van der Waals surface area contributed by atoms with Gasteiger partial charge in [-0.1, -0.05) is 30.3 Å². The van der Waals surface area contributed by atoms with Crippen molar-refractivity contribution in [3.05, 3.63) is 53.4 Å². The van der Waals surface area contributed by atoms with Crippen LogP contribution in [0.5, 0.6) is 5.88 Å². The summed E-state index contributed by atoms with van der Waals surface area (Å²) in [6.45, 7) is -0.175. The Balaban J connectivity index is 1.31. The van der Waals surface area contributed by atoms with Crippen molar-refractivity contribution in [1.82, 2.24) is 15.2 Å². The molecule has 4 heterocycles. The lowest BCUT2D eigenvalue weighted by Crippen LogP contribution is -2.53. The Hall–Kier alpha value is -2.96. The summed E-state index contributed by atoms with van der Waals surface area (Å²) in [5.74, 6) is -0.422. The zero-order valence-corrected chi connectivity index (χ0v) is 19.5. The first-order valence-electron chi connectivity index (χ1n) is 10.7. The average Bonchev–Trinajstić information content (AvgIpc) is 3.56. The minimum Gasteiger partial charge on any atom is -0.393 e. The number of H-pyrrole nitrogens is 1. The number of aliphatic hydroxyl groups excluding tert-OH is 3. The van der Waals surface area contributed by atoms with Gasteiger partial charge in [0.25, 0.3) is 5.91 Å². The molecule has 2 amide bonds. The highest BCUT2D eigenvalue weighted by atomic mass is 32.2. The molecule has 3 aromatic heterocycles. The Morgan fingerprint density at radius 1 is 1.18 bits per heavy atom. The second-order valence-electron chi connectivity index (χ2n) is 8.25. The molecule has 1 aromatic carbocycles. The van der Waals surface area contributed by atoms with E-state index in [1.54, 1.807) is 28.7 Å². The molecule has 0 aliphatic carbocycles. The Bertz CT molecular complexity index is 1310. The zero-order valence-electron chi connectivity index (χ0n) is 17.9. The summed E-state index contributed by atoms with van der Waals surface area (Å²) in [6.07, 6.45) is -4.37. The van der Waals surface area contributed by atoms with Crippen molar-refractivity contribution in [1.29, 1.82) is 0 Å². The maximum atomic E-state index is 12.8. The fraction of sp³-hybridized carbons (Fsp3) is 0.304. The Kier molecular flexibility index (Phi) is 6.28. The first-order chi connectivity index (χ1) is 16.4. The number of fused-ring (bicyclic) bond motifs is 3. The number of aromatic nitrogens is 1. The van der Waals surface area contributed by atoms with Gasteiger partial charge in [-0.05, 0) is 23.4 Å². The molecule has 1 saturated heterocycles. The monoisotopic (exact) mass is 501 g/mol. The predicted molar refractivity (Wildman–Crippen MR) is 129 cm³/mol. The minimum atomic E-state index is -1.59. The van der Waals surface area contributed by atoms with Gasteiger partial charge in [0.15, 0.2) is 6.10 Å². The van der Waals surface area contributed by atoms with Crippen LogP contribution in [0.4, 0.5) is 4.79 Å². The van der Waals surface area contributed by atoms with Crippen LogP contribution in [0, 0.1) is 0 Å². The molecular weight excluding hydrogens is 478 g/mol. The number of carbonyl (C=O) groups is 2. The van der Waals surface area contributed by atoms with Crippen LogP contribution in [0.1, 0.15) is 5.56 Å². The van der Waals surface area contributed by atoms with Crippen molar-refractivity contribution >= 4 is 54.3 Å². The van der Waals surface area contributed by atoms with E-state index >= 15 is 0 Å². The molecule has 1 fully saturated rings. The Morgan fingerprint density at radius 3 is 2.65 bits per heavy atom. The zero-order chi connectivity index (χ0) is 23.8. The first kappa shape index (κ1) is 22.8. The largest absolute Gasteiger partial charge is 0.414 e. The van der Waals surface area contributed by atoms with Crippen LogP contribution in [0.15, 0.2) is 47.8 Å². The number of thiophene rings is 2. The van der Waals surface area contributed by atoms with Crippen molar-refractivity contribution in [2.75, 3.05) is 13.1 Å². The van der Waals surface area contributed by atoms with Gasteiger partial charge < -0.3 is 35.3 Å². The van der Waals surface area contributed by atoms with E-state index in [4.69, 9.17) is 4.74 Å². The number of rotatable bonds is 6. The quantitative estimate of drug-likeness (QED) is 0.275. The van der Waals surface area contributed by atoms with Gasteiger partial charge in [0.2, 0.25) is 5.88 Å². The third-order valence-corrected chi connectivity index (χ3v) is 8.06. The van der Waals surface area contributed by atoms with E-state index in [0.717, 1.165) is 21.2 Å². The molecule has 178 valence electrons. The van der Waals surface area contributed by atoms with Crippen molar-refractivity contribution in [2.45, 2.75) is 30.8 Å². The lowest BCUT2D eigenvalue weighted by atomic mass is 10.0. The van der Waals surface area contributed by atoms with Crippen molar-refractivity contribution in [2.24, 2.45) is 0 Å². The van der Waals surface area contributed by atoms with Crippen LogP contribution in [-0.4, -0.2) is 74.6 Å². The number of nitrogens with zero attached hydrogens (tertiary/aromatic N) is 1. The number of aromatic amines is 1. The summed E-state index contributed by atoms with van der Waals surface area (Å²) < 4.78 is 7.57. The van der Waals surface area contributed by atoms with Gasteiger partial charge in [-0.15, -0.1) is 22.7 Å². The van der Waals surface area contributed by atoms with E-state index in [9.17, 15) is 24.9 Å². The highest BCUT2D eigenvalue weighted by molar-refractivity contribution is 7.41. The molecule has 0 saturated carbocycles. The predicted octanol–water partition coefficient (Wildman–Crippen LogP) is 2.07. The van der Waals surface area contributed by atoms with Crippen LogP contribution in [0.2, 0.25) is 0 Å². The number of β-amino-alcohol motifs (C(OH)–C–C–N with tert-alkyl or cyclic N) is 2. The molecule has 0 radical (unpaired) electrons. The topological polar surface area (TPSA) is 135 Å². The maximum Gasteiger partial charge on any atom is 0.414 e. The average molecular weight is 502 g/mol. The number of amides is 2. The molecule has 9 nitrogen and oxygen atoms in total. The SMILES string of the molecule is O=C(N[C@@H](Cc1ccccc1)[C@@H](O)C(=O)N1C[C@@H](O)[C@@H](O)C1)Oc1cc2sc3sccc3c2[nH]1. The number of nitrogens with one attached hydrogen (secondary N) is 2. The molecule has 1 aliphatic rings. The summed E-state index contributed by atoms with van der Waals surface area (Å²) >= 11 is 3.25. The number of likely N-dealkylation sites (tertiary alicyclic amines) is 1. The van der Waals surface area contributed by atoms with Gasteiger partial charge in [-0.25, -0.2) is 4.79 Å². The van der Waals surface area contributed by atoms with E-state index in [-0.39, 0.29) is 25.4 Å². The number of hydrogen-bond donors (Lipinski definition) is 5. The maximum absolute atomic E-state index is 12.8. The summed E-state index contributed by atoms with van der Waals surface area (Å²) in [5, 5.41) is 36.0. The lowest BCUT2D eigenvalue weighted by molar-refractivity contribution is -0.141. The van der Waals surface area contributed by atoms with Crippen LogP contribution in [0.3, 0.4) is 0 Å². The smallest absolute Gasteiger partial charge is 0.393 e. The Morgan fingerprint density at radius 2 is 1.91 bits per heavy atom. The standard InChI is InChI=1S/C23H23N3O6S2/c27-15-10-26(11-16(15)28)21(30)20(29)14(8-12-4-2-1-3-5-12)24-23(31)32-18-9-17-19(25-18)13-6-7-33-22(13)34-17/h1-7,9,14-16,20,25,27-29H,8,10-11H2,(H,24,31)/t14-,15-,16+,20+/m0/s1. The van der Waals surface area contributed by atoms with Crippen molar-refractivity contribution < 1.29 is 29.6 Å². The summed E-state index contributed by atoms with van der Waals surface area (Å²) in [5.41, 5.74) is 1.70. The first-order valence-corrected chi connectivity index (χ1v) is 12.4. The molecule has 4 atom stereocenters. The third kappa shape index (κ3) is 4.52. The normalized spacial score (nSPS) is 20.0. The molecule has 1 aliphatic heterocycles. The minimum absolute atomic E-state index is 0.0875. The van der Waals surface area contributed by atoms with Crippen molar-refractivity contribution in [3.8, 4) is 5.88 Å². The van der Waals surface area contributed by atoms with Gasteiger partial charge in [0.05, 0.1) is 32.5 Å². The molecule has 0 unspecified atom stereocenters. The van der Waals surface area contributed by atoms with E-state index < -0.39 is 36.4 Å². The summed E-state index contributed by atoms with van der Waals surface area (Å²) in [4.78, 5) is 29.9. The highest BCUT2D eigenvalue weighted by Gasteiger charge is 2.38. The second-order valence-corrected chi connectivity index (χ2v) is 10.5. The number of aliphatic hydroxyl groups is 3. The highest BCUT2D eigenvalue weighted by Crippen LogP contribution is 2.38. The molecule has 5 N–H and O–H groups in total. The van der Waals surface area contributed by atoms with E-state index in [1.165, 1.54) is 8.91 Å². The van der Waals surface area contributed by atoms with Gasteiger partial charge in [-0.3, -0.25) is 4.79 Å². The second kappa shape index (κ2) is 9.35. The fourth-order valence-electron chi connectivity index (χ4n) is 4.11. The summed E-state index contributed by atoms with van der Waals surface area (Å²) in [6, 6.07) is 11.9. The number of hydrogen-bond acceptors (Lipinski definition) is 8. The molecule has 5 rings (SSSR count). The lowest BCUT2D eigenvalue weighted by Gasteiger charge is -2.26. The fourth-order valence-corrected chi connectivity index (χ4v) is 6.27. The van der Waals surface area contributed by atoms with Gasteiger partial charge in [-0.2, -0.15) is 0 Å². The van der Waals surface area contributed by atoms with Gasteiger partial charge >= 0.3 is 6.09 Å². The molecule has 11 heteroatoms. The van der Waals surface area contributed by atoms with Crippen LogP contribution >= 0.6 is 22.7 Å². The van der Waals surface area contributed by atoms with E-state index in [1.807, 2.05) is 41.8 Å². The van der Waals surface area contributed by atoms with Crippen LogP contribution in [-0.2, 0) is 11.2 Å². The van der Waals surface area contributed by atoms with Crippen LogP contribution < -0.4 is 10.1 Å². The van der Waals surface area contributed by atoms with E-state index in [2.05, 4.69) is 10.3 Å². The molecule has 34 heavy (non-hydrogen) atoms. The van der Waals surface area contributed by atoms with Crippen molar-refractivity contribution in [3.63, 3.8) is 0 Å². The molecular formula is C23H23N3O6S2. The number of benzene rings is 1. The Labute approximate surface area is 202 Å². The molecule has 0 spiro atoms.